The molecular weight excluding hydrogens is 262 g/mol. The molecule has 4 heteroatoms. The van der Waals surface area contributed by atoms with Gasteiger partial charge in [-0.3, -0.25) is 9.59 Å². The van der Waals surface area contributed by atoms with Crippen LogP contribution in [0.5, 0.6) is 0 Å². The number of halogens is 2. The largest absolute Gasteiger partial charge is 0.288 e. The van der Waals surface area contributed by atoms with Crippen molar-refractivity contribution in [3.63, 3.8) is 0 Å². The Morgan fingerprint density at radius 3 is 2.05 bits per heavy atom. The number of hydrogen-bond donors (Lipinski definition) is 0. The zero-order chi connectivity index (χ0) is 14.3. The number of allylic oxidation sites excluding steroid dienone is 1. The van der Waals surface area contributed by atoms with Crippen LogP contribution in [0.2, 0.25) is 0 Å². The van der Waals surface area contributed by atoms with Gasteiger partial charge in [-0.2, -0.15) is 0 Å². The topological polar surface area (TPSA) is 34.1 Å². The zero-order valence-electron chi connectivity index (χ0n) is 10.2. The second kappa shape index (κ2) is 4.49. The number of hydrogen-bond acceptors (Lipinski definition) is 2. The molecule has 20 heavy (non-hydrogen) atoms. The molecule has 0 amide bonds. The Morgan fingerprint density at radius 1 is 0.850 bits per heavy atom. The first-order valence-corrected chi connectivity index (χ1v) is 5.93. The third-order valence-electron chi connectivity index (χ3n) is 3.16. The van der Waals surface area contributed by atoms with Crippen LogP contribution in [0, 0.1) is 11.6 Å². The van der Waals surface area contributed by atoms with E-state index in [2.05, 4.69) is 0 Å². The van der Waals surface area contributed by atoms with Crippen molar-refractivity contribution in [2.24, 2.45) is 0 Å². The van der Waals surface area contributed by atoms with Crippen molar-refractivity contribution in [1.29, 1.82) is 0 Å². The van der Waals surface area contributed by atoms with Gasteiger partial charge in [0.05, 0.1) is 5.57 Å². The summed E-state index contributed by atoms with van der Waals surface area (Å²) in [5.41, 5.74) is 0.325. The second-order valence-electron chi connectivity index (χ2n) is 4.43. The van der Waals surface area contributed by atoms with Crippen LogP contribution in [0.4, 0.5) is 8.78 Å². The van der Waals surface area contributed by atoms with Crippen molar-refractivity contribution in [2.75, 3.05) is 0 Å². The maximum atomic E-state index is 13.6. The lowest BCUT2D eigenvalue weighted by Gasteiger charge is -1.99. The maximum Gasteiger partial charge on any atom is 0.197 e. The molecule has 0 radical (unpaired) electrons. The Hall–Kier alpha value is -2.62. The van der Waals surface area contributed by atoms with E-state index in [0.717, 1.165) is 24.3 Å². The number of carbonyl (C=O) groups excluding carboxylic acids is 2. The predicted molar refractivity (Wildman–Crippen MR) is 69.4 cm³/mol. The summed E-state index contributed by atoms with van der Waals surface area (Å²) < 4.78 is 26.7. The lowest BCUT2D eigenvalue weighted by Crippen LogP contribution is -2.01. The van der Waals surface area contributed by atoms with Gasteiger partial charge in [0, 0.05) is 16.7 Å². The van der Waals surface area contributed by atoms with Gasteiger partial charge in [0.15, 0.2) is 11.6 Å². The first-order chi connectivity index (χ1) is 9.58. The van der Waals surface area contributed by atoms with Gasteiger partial charge in [-0.25, -0.2) is 8.78 Å². The van der Waals surface area contributed by atoms with Gasteiger partial charge in [-0.1, -0.05) is 24.3 Å². The lowest BCUT2D eigenvalue weighted by atomic mass is 10.1. The molecule has 0 bridgehead atoms. The molecule has 2 aromatic carbocycles. The van der Waals surface area contributed by atoms with Crippen LogP contribution in [0.15, 0.2) is 48.0 Å². The van der Waals surface area contributed by atoms with E-state index in [1.807, 2.05) is 0 Å². The van der Waals surface area contributed by atoms with Crippen molar-refractivity contribution in [3.05, 3.63) is 76.4 Å². The minimum atomic E-state index is -0.685. The van der Waals surface area contributed by atoms with Crippen molar-refractivity contribution in [3.8, 4) is 0 Å². The van der Waals surface area contributed by atoms with E-state index in [1.54, 1.807) is 24.3 Å². The molecule has 1 aliphatic rings. The van der Waals surface area contributed by atoms with Crippen molar-refractivity contribution in [2.45, 2.75) is 0 Å². The minimum absolute atomic E-state index is 0.116. The van der Waals surface area contributed by atoms with Crippen molar-refractivity contribution >= 4 is 17.6 Å². The standard InChI is InChI=1S/C16H8F2O2/c17-10-5-6-14(18)9(7-10)8-13-15(19)11-3-1-2-4-12(11)16(13)20/h1-8H. The Kier molecular flexibility index (Phi) is 2.79. The van der Waals surface area contributed by atoms with Gasteiger partial charge in [-0.15, -0.1) is 0 Å². The van der Waals surface area contributed by atoms with Crippen molar-refractivity contribution < 1.29 is 18.4 Å². The van der Waals surface area contributed by atoms with Crippen LogP contribution in [0.1, 0.15) is 26.3 Å². The van der Waals surface area contributed by atoms with Crippen LogP contribution >= 0.6 is 0 Å². The molecule has 0 spiro atoms. The Morgan fingerprint density at radius 2 is 1.45 bits per heavy atom. The third-order valence-corrected chi connectivity index (χ3v) is 3.16. The van der Waals surface area contributed by atoms with E-state index in [9.17, 15) is 18.4 Å². The second-order valence-corrected chi connectivity index (χ2v) is 4.43. The molecule has 98 valence electrons. The van der Waals surface area contributed by atoms with Crippen LogP contribution in [-0.2, 0) is 0 Å². The Bertz CT molecular complexity index is 739. The van der Waals surface area contributed by atoms with Crippen molar-refractivity contribution in [1.82, 2.24) is 0 Å². The molecule has 0 saturated carbocycles. The average molecular weight is 270 g/mol. The number of ketones is 2. The van der Waals surface area contributed by atoms with Crippen LogP contribution in [0.25, 0.3) is 6.08 Å². The Balaban J connectivity index is 2.13. The summed E-state index contributed by atoms with van der Waals surface area (Å²) in [7, 11) is 0. The van der Waals surface area contributed by atoms with Gasteiger partial charge >= 0.3 is 0 Å². The first-order valence-electron chi connectivity index (χ1n) is 5.93. The van der Waals surface area contributed by atoms with Crippen LogP contribution < -0.4 is 0 Å². The molecule has 0 atom stereocenters. The fourth-order valence-electron chi connectivity index (χ4n) is 2.18. The van der Waals surface area contributed by atoms with Gasteiger partial charge < -0.3 is 0 Å². The quantitative estimate of drug-likeness (QED) is 0.587. The SMILES string of the molecule is O=C1C(=Cc2cc(F)ccc2F)C(=O)c2ccccc21. The van der Waals surface area contributed by atoms with Gasteiger partial charge in [0.2, 0.25) is 0 Å². The molecule has 0 fully saturated rings. The van der Waals surface area contributed by atoms with E-state index >= 15 is 0 Å². The normalized spacial score (nSPS) is 13.6. The molecule has 0 unspecified atom stereocenters. The Labute approximate surface area is 113 Å². The van der Waals surface area contributed by atoms with E-state index < -0.39 is 23.2 Å². The number of carbonyl (C=O) groups is 2. The average Bonchev–Trinajstić information content (AvgIpc) is 2.68. The number of fused-ring (bicyclic) bond motifs is 1. The lowest BCUT2D eigenvalue weighted by molar-refractivity contribution is 0.0990. The molecule has 0 N–H and O–H groups in total. The molecule has 2 aromatic rings. The summed E-state index contributed by atoms with van der Waals surface area (Å²) in [6.07, 6.45) is 1.10. The van der Waals surface area contributed by atoms with Crippen LogP contribution in [0.3, 0.4) is 0 Å². The fraction of sp³-hybridized carbons (Fsp3) is 0. The summed E-state index contributed by atoms with van der Waals surface area (Å²) in [5.74, 6) is -2.24. The highest BCUT2D eigenvalue weighted by Gasteiger charge is 2.32. The number of Topliss-reactive ketones (excluding diaryl/α,β-unsaturated/α-hetero) is 2. The summed E-state index contributed by atoms with van der Waals surface area (Å²) in [4.78, 5) is 24.2. The van der Waals surface area contributed by atoms with E-state index in [-0.39, 0.29) is 11.1 Å². The molecule has 0 heterocycles. The van der Waals surface area contributed by atoms with Crippen LogP contribution in [-0.4, -0.2) is 11.6 Å². The van der Waals surface area contributed by atoms with E-state index in [0.29, 0.717) is 11.1 Å². The van der Waals surface area contributed by atoms with E-state index in [1.165, 1.54) is 0 Å². The zero-order valence-corrected chi connectivity index (χ0v) is 10.2. The molecule has 0 aromatic heterocycles. The number of benzene rings is 2. The molecule has 2 nitrogen and oxygen atoms in total. The molecule has 0 aliphatic heterocycles. The van der Waals surface area contributed by atoms with Gasteiger partial charge in [0.25, 0.3) is 0 Å². The summed E-state index contributed by atoms with van der Waals surface area (Å²) in [5, 5.41) is 0. The third kappa shape index (κ3) is 1.86. The molecule has 3 rings (SSSR count). The fourth-order valence-corrected chi connectivity index (χ4v) is 2.18. The van der Waals surface area contributed by atoms with E-state index in [4.69, 9.17) is 0 Å². The van der Waals surface area contributed by atoms with Gasteiger partial charge in [0.1, 0.15) is 11.6 Å². The minimum Gasteiger partial charge on any atom is -0.288 e. The highest BCUT2D eigenvalue weighted by Crippen LogP contribution is 2.28. The smallest absolute Gasteiger partial charge is 0.197 e. The highest BCUT2D eigenvalue weighted by molar-refractivity contribution is 6.41. The molecule has 0 saturated heterocycles. The summed E-state index contributed by atoms with van der Waals surface area (Å²) in [6, 6.07) is 9.26. The molecule has 1 aliphatic carbocycles. The monoisotopic (exact) mass is 270 g/mol. The van der Waals surface area contributed by atoms with Gasteiger partial charge in [-0.05, 0) is 24.3 Å². The number of rotatable bonds is 1. The summed E-state index contributed by atoms with van der Waals surface area (Å²) in [6.45, 7) is 0. The first kappa shape index (κ1) is 12.4. The predicted octanol–water partition coefficient (Wildman–Crippen LogP) is 3.43. The highest BCUT2D eigenvalue weighted by atomic mass is 19.1. The summed E-state index contributed by atoms with van der Waals surface area (Å²) >= 11 is 0. The maximum absolute atomic E-state index is 13.6. The molecular formula is C16H8F2O2.